The highest BCUT2D eigenvalue weighted by molar-refractivity contribution is 5.90. The zero-order valence-electron chi connectivity index (χ0n) is 21.0. The van der Waals surface area contributed by atoms with Crippen LogP contribution in [0.5, 0.6) is 0 Å². The Balaban J connectivity index is 0.000000383. The van der Waals surface area contributed by atoms with Crippen molar-refractivity contribution in [3.8, 4) is 11.3 Å². The first-order valence-electron chi connectivity index (χ1n) is 11.7. The number of ether oxygens (including phenoxy) is 1. The quantitative estimate of drug-likeness (QED) is 0.487. The Morgan fingerprint density at radius 3 is 2.56 bits per heavy atom. The number of rotatable bonds is 8. The van der Waals surface area contributed by atoms with Crippen molar-refractivity contribution in [1.29, 1.82) is 0 Å². The van der Waals surface area contributed by atoms with E-state index in [0.29, 0.717) is 38.7 Å². The number of hydrogen-bond donors (Lipinski definition) is 2. The molecule has 1 atom stereocenters. The van der Waals surface area contributed by atoms with Crippen molar-refractivity contribution >= 4 is 11.8 Å². The van der Waals surface area contributed by atoms with Crippen molar-refractivity contribution in [3.05, 3.63) is 53.9 Å². The number of urea groups is 1. The molecule has 1 aliphatic heterocycles. The summed E-state index contributed by atoms with van der Waals surface area (Å²) in [5.74, 6) is -0.895. The number of amides is 2. The standard InChI is InChI=1S/C18H29N7O3.C6H4F2/c1-5-6-25-17(13(2)16(22-25)14-9-19-23(3)10-14)21-18(26)20-15-11-24(28-12-15)7-8-27-4;7-5-3-1-2-4-6(5)8/h9-10,15H,5-8,11-12H2,1-4H3,(H2,20,21,26);1-4H/t15-;/m1./s1. The number of aromatic nitrogens is 4. The maximum absolute atomic E-state index is 12.6. The second kappa shape index (κ2) is 13.1. The Labute approximate surface area is 209 Å². The molecule has 12 heteroatoms. The highest BCUT2D eigenvalue weighted by atomic mass is 19.2. The normalized spacial score (nSPS) is 15.4. The zero-order chi connectivity index (χ0) is 26.1. The second-order valence-electron chi connectivity index (χ2n) is 8.33. The number of nitrogens with zero attached hydrogens (tertiary/aromatic N) is 5. The molecule has 3 heterocycles. The number of anilines is 1. The van der Waals surface area contributed by atoms with Crippen LogP contribution in [-0.2, 0) is 23.2 Å². The first-order valence-corrected chi connectivity index (χ1v) is 11.7. The Bertz CT molecular complexity index is 1110. The fraction of sp³-hybridized carbons (Fsp3) is 0.458. The fourth-order valence-electron chi connectivity index (χ4n) is 3.65. The number of hydroxylamine groups is 2. The minimum atomic E-state index is -0.799. The smallest absolute Gasteiger partial charge is 0.320 e. The number of hydrogen-bond acceptors (Lipinski definition) is 6. The van der Waals surface area contributed by atoms with Gasteiger partial charge in [-0.2, -0.15) is 15.3 Å². The van der Waals surface area contributed by atoms with E-state index in [2.05, 4.69) is 27.8 Å². The van der Waals surface area contributed by atoms with Gasteiger partial charge in [-0.3, -0.25) is 14.8 Å². The lowest BCUT2D eigenvalue weighted by Crippen LogP contribution is -2.41. The molecule has 1 fully saturated rings. The minimum Gasteiger partial charge on any atom is -0.383 e. The monoisotopic (exact) mass is 505 g/mol. The third kappa shape index (κ3) is 7.33. The van der Waals surface area contributed by atoms with Crippen molar-refractivity contribution in [2.45, 2.75) is 32.9 Å². The molecule has 0 bridgehead atoms. The third-order valence-electron chi connectivity index (χ3n) is 5.42. The van der Waals surface area contributed by atoms with E-state index in [1.54, 1.807) is 18.0 Å². The summed E-state index contributed by atoms with van der Waals surface area (Å²) in [6.07, 6.45) is 4.61. The van der Waals surface area contributed by atoms with Gasteiger partial charge in [0.2, 0.25) is 0 Å². The molecule has 10 nitrogen and oxygen atoms in total. The fourth-order valence-corrected chi connectivity index (χ4v) is 3.65. The van der Waals surface area contributed by atoms with Crippen molar-refractivity contribution in [2.24, 2.45) is 7.05 Å². The topological polar surface area (TPSA) is 98.5 Å². The second-order valence-corrected chi connectivity index (χ2v) is 8.33. The number of aryl methyl sites for hydroxylation is 2. The minimum absolute atomic E-state index is 0.0718. The van der Waals surface area contributed by atoms with Gasteiger partial charge >= 0.3 is 6.03 Å². The van der Waals surface area contributed by atoms with Crippen LogP contribution in [0.1, 0.15) is 18.9 Å². The Hall–Kier alpha value is -3.35. The van der Waals surface area contributed by atoms with E-state index in [4.69, 9.17) is 9.57 Å². The van der Waals surface area contributed by atoms with Gasteiger partial charge in [0.25, 0.3) is 0 Å². The molecule has 1 aliphatic rings. The van der Waals surface area contributed by atoms with Crippen LogP contribution < -0.4 is 10.6 Å². The highest BCUT2D eigenvalue weighted by Crippen LogP contribution is 2.28. The van der Waals surface area contributed by atoms with E-state index in [0.717, 1.165) is 35.4 Å². The molecule has 0 saturated carbocycles. The summed E-state index contributed by atoms with van der Waals surface area (Å²) >= 11 is 0. The highest BCUT2D eigenvalue weighted by Gasteiger charge is 2.26. The first-order chi connectivity index (χ1) is 17.3. The number of carbonyl (C=O) groups excluding carboxylic acids is 1. The van der Waals surface area contributed by atoms with E-state index in [1.165, 1.54) is 12.1 Å². The lowest BCUT2D eigenvalue weighted by Gasteiger charge is -2.15. The van der Waals surface area contributed by atoms with Gasteiger partial charge in [0.1, 0.15) is 11.5 Å². The van der Waals surface area contributed by atoms with Crippen LogP contribution in [0.25, 0.3) is 11.3 Å². The van der Waals surface area contributed by atoms with E-state index >= 15 is 0 Å². The molecule has 2 amide bonds. The molecule has 0 radical (unpaired) electrons. The molecule has 0 unspecified atom stereocenters. The van der Waals surface area contributed by atoms with Crippen LogP contribution in [-0.4, -0.2) is 70.1 Å². The van der Waals surface area contributed by atoms with E-state index in [-0.39, 0.29) is 12.1 Å². The van der Waals surface area contributed by atoms with Crippen LogP contribution >= 0.6 is 0 Å². The molecule has 1 saturated heterocycles. The molecular formula is C24H33F2N7O3. The Morgan fingerprint density at radius 1 is 1.25 bits per heavy atom. The van der Waals surface area contributed by atoms with Gasteiger partial charge in [0.15, 0.2) is 11.6 Å². The van der Waals surface area contributed by atoms with Gasteiger partial charge in [-0.1, -0.05) is 19.1 Å². The van der Waals surface area contributed by atoms with Crippen molar-refractivity contribution in [1.82, 2.24) is 29.9 Å². The first kappa shape index (κ1) is 27.2. The molecule has 0 aliphatic carbocycles. The van der Waals surface area contributed by atoms with Gasteiger partial charge in [-0.05, 0) is 25.5 Å². The van der Waals surface area contributed by atoms with Gasteiger partial charge in [0, 0.05) is 51.1 Å². The zero-order valence-corrected chi connectivity index (χ0v) is 21.0. The summed E-state index contributed by atoms with van der Waals surface area (Å²) in [7, 11) is 3.52. The summed E-state index contributed by atoms with van der Waals surface area (Å²) in [6.45, 7) is 7.10. The number of carbonyl (C=O) groups is 1. The third-order valence-corrected chi connectivity index (χ3v) is 5.42. The lowest BCUT2D eigenvalue weighted by molar-refractivity contribution is -0.118. The molecule has 36 heavy (non-hydrogen) atoms. The van der Waals surface area contributed by atoms with Gasteiger partial charge in [-0.15, -0.1) is 0 Å². The SMILES string of the molecule is CCCn1nc(-c2cnn(C)c2)c(C)c1NC(=O)N[C@H]1CON(CCOC)C1.Fc1ccccc1F. The number of benzene rings is 1. The van der Waals surface area contributed by atoms with Crippen LogP contribution in [0, 0.1) is 18.6 Å². The molecule has 4 rings (SSSR count). The molecule has 0 spiro atoms. The largest absolute Gasteiger partial charge is 0.383 e. The van der Waals surface area contributed by atoms with Gasteiger partial charge in [0.05, 0.1) is 25.5 Å². The summed E-state index contributed by atoms with van der Waals surface area (Å²) in [6, 6.07) is 4.71. The van der Waals surface area contributed by atoms with Crippen LogP contribution in [0.15, 0.2) is 36.7 Å². The molecule has 3 aromatic rings. The molecule has 2 aromatic heterocycles. The predicted octanol–water partition coefficient (Wildman–Crippen LogP) is 3.35. The van der Waals surface area contributed by atoms with Crippen LogP contribution in [0.2, 0.25) is 0 Å². The molecular weight excluding hydrogens is 472 g/mol. The average molecular weight is 506 g/mol. The summed E-state index contributed by atoms with van der Waals surface area (Å²) in [4.78, 5) is 18.1. The lowest BCUT2D eigenvalue weighted by atomic mass is 10.1. The number of methoxy groups -OCH3 is 1. The van der Waals surface area contributed by atoms with Crippen LogP contribution in [0.4, 0.5) is 19.4 Å². The maximum atomic E-state index is 12.6. The Morgan fingerprint density at radius 2 is 1.97 bits per heavy atom. The molecule has 1 aromatic carbocycles. The summed E-state index contributed by atoms with van der Waals surface area (Å²) in [5.41, 5.74) is 2.67. The van der Waals surface area contributed by atoms with Crippen molar-refractivity contribution in [2.75, 3.05) is 38.7 Å². The van der Waals surface area contributed by atoms with E-state index in [1.807, 2.05) is 29.9 Å². The van der Waals surface area contributed by atoms with Gasteiger partial charge < -0.3 is 10.1 Å². The summed E-state index contributed by atoms with van der Waals surface area (Å²) in [5, 5.41) is 16.7. The predicted molar refractivity (Wildman–Crippen MR) is 131 cm³/mol. The van der Waals surface area contributed by atoms with Gasteiger partial charge in [-0.25, -0.2) is 18.3 Å². The van der Waals surface area contributed by atoms with Crippen molar-refractivity contribution < 1.29 is 23.1 Å². The number of halogens is 2. The molecule has 196 valence electrons. The Kier molecular flexibility index (Phi) is 9.91. The van der Waals surface area contributed by atoms with E-state index < -0.39 is 11.6 Å². The molecule has 2 N–H and O–H groups in total. The summed E-state index contributed by atoms with van der Waals surface area (Å²) < 4.78 is 32.5. The number of nitrogens with one attached hydrogen (secondary N) is 2. The van der Waals surface area contributed by atoms with Crippen molar-refractivity contribution in [3.63, 3.8) is 0 Å². The van der Waals surface area contributed by atoms with Crippen LogP contribution in [0.3, 0.4) is 0 Å². The average Bonchev–Trinajstić information content (AvgIpc) is 3.56. The van der Waals surface area contributed by atoms with E-state index in [9.17, 15) is 13.6 Å². The maximum Gasteiger partial charge on any atom is 0.320 e.